The molecule has 1 aromatic rings. The highest BCUT2D eigenvalue weighted by Crippen LogP contribution is 2.24. The van der Waals surface area contributed by atoms with Gasteiger partial charge in [-0.1, -0.05) is 18.2 Å². The molecule has 0 amide bonds. The van der Waals surface area contributed by atoms with Crippen LogP contribution >= 0.6 is 0 Å². The number of hydrogen-bond donors (Lipinski definition) is 2. The molecule has 2 unspecified atom stereocenters. The van der Waals surface area contributed by atoms with E-state index < -0.39 is 0 Å². The number of hydrogen-bond acceptors (Lipinski definition) is 4. The van der Waals surface area contributed by atoms with Crippen LogP contribution < -0.4 is 10.2 Å². The lowest BCUT2D eigenvalue weighted by Gasteiger charge is -2.37. The van der Waals surface area contributed by atoms with Crippen molar-refractivity contribution in [1.82, 2.24) is 5.32 Å². The van der Waals surface area contributed by atoms with Crippen molar-refractivity contribution in [2.45, 2.75) is 39.0 Å². The Kier molecular flexibility index (Phi) is 5.83. The Labute approximate surface area is 121 Å². The van der Waals surface area contributed by atoms with Crippen molar-refractivity contribution in [2.24, 2.45) is 0 Å². The van der Waals surface area contributed by atoms with Crippen molar-refractivity contribution in [3.8, 4) is 0 Å². The summed E-state index contributed by atoms with van der Waals surface area (Å²) in [6.07, 6.45) is 1.34. The first-order valence-electron chi connectivity index (χ1n) is 7.50. The fraction of sp³-hybridized carbons (Fsp3) is 0.625. The zero-order valence-electron chi connectivity index (χ0n) is 12.5. The summed E-state index contributed by atoms with van der Waals surface area (Å²) in [5, 5.41) is 12.2. The largest absolute Gasteiger partial charge is 0.396 e. The first kappa shape index (κ1) is 15.3. The third-order valence-electron chi connectivity index (χ3n) is 3.58. The quantitative estimate of drug-likeness (QED) is 0.779. The topological polar surface area (TPSA) is 44.7 Å². The van der Waals surface area contributed by atoms with Gasteiger partial charge in [0.05, 0.1) is 12.2 Å². The summed E-state index contributed by atoms with van der Waals surface area (Å²) in [5.41, 5.74) is 2.61. The van der Waals surface area contributed by atoms with Crippen LogP contribution in [-0.4, -0.2) is 43.6 Å². The van der Waals surface area contributed by atoms with Crippen LogP contribution in [0.15, 0.2) is 24.3 Å². The van der Waals surface area contributed by atoms with Crippen molar-refractivity contribution >= 4 is 5.69 Å². The summed E-state index contributed by atoms with van der Waals surface area (Å²) in [5.74, 6) is 0. The number of benzene rings is 1. The lowest BCUT2D eigenvalue weighted by molar-refractivity contribution is -0.00526. The van der Waals surface area contributed by atoms with Gasteiger partial charge >= 0.3 is 0 Å². The first-order valence-corrected chi connectivity index (χ1v) is 7.50. The summed E-state index contributed by atoms with van der Waals surface area (Å²) < 4.78 is 5.81. The maximum Gasteiger partial charge on any atom is 0.0726 e. The zero-order valence-corrected chi connectivity index (χ0v) is 12.5. The molecule has 2 N–H and O–H groups in total. The predicted octanol–water partition coefficient (Wildman–Crippen LogP) is 1.77. The van der Waals surface area contributed by atoms with E-state index in [1.807, 2.05) is 0 Å². The van der Waals surface area contributed by atoms with Crippen molar-refractivity contribution < 1.29 is 9.84 Å². The van der Waals surface area contributed by atoms with Gasteiger partial charge in [0.1, 0.15) is 0 Å². The van der Waals surface area contributed by atoms with Gasteiger partial charge in [0, 0.05) is 31.9 Å². The molecule has 1 aliphatic heterocycles. The number of aliphatic hydroxyl groups excluding tert-OH is 1. The van der Waals surface area contributed by atoms with Crippen LogP contribution in [0.25, 0.3) is 0 Å². The summed E-state index contributed by atoms with van der Waals surface area (Å²) >= 11 is 0. The fourth-order valence-electron chi connectivity index (χ4n) is 2.77. The molecule has 1 saturated heterocycles. The van der Waals surface area contributed by atoms with Crippen molar-refractivity contribution in [1.29, 1.82) is 0 Å². The normalized spacial score (nSPS) is 23.1. The minimum atomic E-state index is 0.243. The van der Waals surface area contributed by atoms with E-state index in [-0.39, 0.29) is 18.8 Å². The summed E-state index contributed by atoms with van der Waals surface area (Å²) in [4.78, 5) is 2.42. The van der Waals surface area contributed by atoms with E-state index in [1.54, 1.807) is 0 Å². The van der Waals surface area contributed by atoms with Crippen LogP contribution in [0.5, 0.6) is 0 Å². The van der Waals surface area contributed by atoms with Crippen LogP contribution in [0.4, 0.5) is 5.69 Å². The first-order chi connectivity index (χ1) is 9.70. The minimum absolute atomic E-state index is 0.243. The number of rotatable bonds is 6. The molecule has 0 radical (unpaired) electrons. The smallest absolute Gasteiger partial charge is 0.0726 e. The Morgan fingerprint density at radius 3 is 2.65 bits per heavy atom. The standard InChI is InChI=1S/C16H26N2O2/c1-13-11-18(12-14(2)20-13)16-7-4-3-6-15(16)10-17-8-5-9-19/h3-4,6-7,13-14,17,19H,5,8-12H2,1-2H3. The highest BCUT2D eigenvalue weighted by atomic mass is 16.5. The maximum atomic E-state index is 8.82. The molecule has 1 aromatic carbocycles. The fourth-order valence-corrected chi connectivity index (χ4v) is 2.77. The molecule has 112 valence electrons. The SMILES string of the molecule is CC1CN(c2ccccc2CNCCCO)CC(C)O1. The van der Waals surface area contributed by atoms with Crippen LogP contribution in [-0.2, 0) is 11.3 Å². The number of nitrogens with zero attached hydrogens (tertiary/aromatic N) is 1. The lowest BCUT2D eigenvalue weighted by atomic mass is 10.1. The molecular weight excluding hydrogens is 252 g/mol. The second-order valence-corrected chi connectivity index (χ2v) is 5.54. The zero-order chi connectivity index (χ0) is 14.4. The van der Waals surface area contributed by atoms with Crippen molar-refractivity contribution in [2.75, 3.05) is 31.1 Å². The predicted molar refractivity (Wildman–Crippen MR) is 82.1 cm³/mol. The second kappa shape index (κ2) is 7.62. The molecule has 1 fully saturated rings. The molecule has 4 nitrogen and oxygen atoms in total. The Balaban J connectivity index is 2.03. The van der Waals surface area contributed by atoms with Gasteiger partial charge in [0.15, 0.2) is 0 Å². The van der Waals surface area contributed by atoms with Gasteiger partial charge in [0.2, 0.25) is 0 Å². The average molecular weight is 278 g/mol. The molecule has 1 heterocycles. The monoisotopic (exact) mass is 278 g/mol. The van der Waals surface area contributed by atoms with E-state index in [0.717, 1.165) is 32.6 Å². The van der Waals surface area contributed by atoms with Crippen LogP contribution in [0.3, 0.4) is 0 Å². The molecule has 0 saturated carbocycles. The summed E-state index contributed by atoms with van der Waals surface area (Å²) in [6.45, 7) is 8.08. The van der Waals surface area contributed by atoms with E-state index in [2.05, 4.69) is 48.3 Å². The van der Waals surface area contributed by atoms with Crippen LogP contribution in [0.2, 0.25) is 0 Å². The molecule has 0 bridgehead atoms. The summed E-state index contributed by atoms with van der Waals surface area (Å²) in [7, 11) is 0. The van der Waals surface area contributed by atoms with Crippen LogP contribution in [0.1, 0.15) is 25.8 Å². The number of aliphatic hydroxyl groups is 1. The Bertz CT molecular complexity index is 401. The molecule has 20 heavy (non-hydrogen) atoms. The second-order valence-electron chi connectivity index (χ2n) is 5.54. The molecule has 2 atom stereocenters. The summed E-state index contributed by atoms with van der Waals surface area (Å²) in [6, 6.07) is 8.54. The number of anilines is 1. The number of para-hydroxylation sites is 1. The average Bonchev–Trinajstić information content (AvgIpc) is 2.43. The Hall–Kier alpha value is -1.10. The number of morpholine rings is 1. The highest BCUT2D eigenvalue weighted by molar-refractivity contribution is 5.54. The molecule has 0 aliphatic carbocycles. The number of ether oxygens (including phenoxy) is 1. The molecule has 4 heteroatoms. The number of nitrogens with one attached hydrogen (secondary N) is 1. The van der Waals surface area contributed by atoms with Gasteiger partial charge in [-0.2, -0.15) is 0 Å². The van der Waals surface area contributed by atoms with E-state index in [4.69, 9.17) is 9.84 Å². The van der Waals surface area contributed by atoms with Crippen LogP contribution in [0, 0.1) is 0 Å². The van der Waals surface area contributed by atoms with Gasteiger partial charge in [-0.15, -0.1) is 0 Å². The van der Waals surface area contributed by atoms with E-state index >= 15 is 0 Å². The molecule has 0 aromatic heterocycles. The van der Waals surface area contributed by atoms with E-state index in [0.29, 0.717) is 0 Å². The van der Waals surface area contributed by atoms with Gasteiger partial charge in [0.25, 0.3) is 0 Å². The van der Waals surface area contributed by atoms with E-state index in [9.17, 15) is 0 Å². The van der Waals surface area contributed by atoms with Crippen molar-refractivity contribution in [3.63, 3.8) is 0 Å². The lowest BCUT2D eigenvalue weighted by Crippen LogP contribution is -2.46. The van der Waals surface area contributed by atoms with Gasteiger partial charge < -0.3 is 20.1 Å². The highest BCUT2D eigenvalue weighted by Gasteiger charge is 2.23. The third kappa shape index (κ3) is 4.20. The van der Waals surface area contributed by atoms with Gasteiger partial charge in [-0.3, -0.25) is 0 Å². The molecular formula is C16H26N2O2. The molecule has 0 spiro atoms. The molecule has 2 rings (SSSR count). The molecule has 1 aliphatic rings. The van der Waals surface area contributed by atoms with Crippen molar-refractivity contribution in [3.05, 3.63) is 29.8 Å². The van der Waals surface area contributed by atoms with E-state index in [1.165, 1.54) is 11.3 Å². The van der Waals surface area contributed by atoms with Gasteiger partial charge in [-0.05, 0) is 38.4 Å². The maximum absolute atomic E-state index is 8.82. The Morgan fingerprint density at radius 2 is 1.95 bits per heavy atom. The Morgan fingerprint density at radius 1 is 1.25 bits per heavy atom. The van der Waals surface area contributed by atoms with Gasteiger partial charge in [-0.25, -0.2) is 0 Å². The third-order valence-corrected chi connectivity index (χ3v) is 3.58. The minimum Gasteiger partial charge on any atom is -0.396 e.